The van der Waals surface area contributed by atoms with Crippen molar-refractivity contribution < 1.29 is 13.5 Å². The van der Waals surface area contributed by atoms with E-state index in [0.29, 0.717) is 4.47 Å². The van der Waals surface area contributed by atoms with Gasteiger partial charge in [-0.15, -0.1) is 0 Å². The number of benzene rings is 1. The molecule has 0 heterocycles. The molecule has 1 atom stereocenters. The number of aliphatic hydroxyl groups is 1. The first-order chi connectivity index (χ1) is 7.77. The first kappa shape index (κ1) is 15.2. The third kappa shape index (κ3) is 3.81. The highest BCUT2D eigenvalue weighted by Gasteiger charge is 2.23. The molecule has 0 aliphatic heterocycles. The van der Waals surface area contributed by atoms with E-state index in [4.69, 9.17) is 28.3 Å². The molecule has 0 saturated heterocycles. The Morgan fingerprint density at radius 2 is 1.88 bits per heavy atom. The van der Waals surface area contributed by atoms with Crippen molar-refractivity contribution in [1.82, 2.24) is 4.72 Å². The number of rotatable bonds is 4. The van der Waals surface area contributed by atoms with Crippen LogP contribution in [0.3, 0.4) is 0 Å². The van der Waals surface area contributed by atoms with Crippen molar-refractivity contribution in [3.8, 4) is 0 Å². The largest absolute Gasteiger partial charge is 0.395 e. The molecule has 4 nitrogen and oxygen atoms in total. The van der Waals surface area contributed by atoms with Gasteiger partial charge < -0.3 is 5.11 Å². The second kappa shape index (κ2) is 5.86. The third-order valence-electron chi connectivity index (χ3n) is 1.86. The predicted molar refractivity (Wildman–Crippen MR) is 71.0 cm³/mol. The predicted octanol–water partition coefficient (Wildman–Crippen LogP) is 2.42. The summed E-state index contributed by atoms with van der Waals surface area (Å²) in [5.41, 5.74) is 0. The van der Waals surface area contributed by atoms with Gasteiger partial charge >= 0.3 is 0 Å². The Kier molecular flexibility index (Phi) is 5.24. The van der Waals surface area contributed by atoms with Crippen LogP contribution in [0.15, 0.2) is 21.5 Å². The van der Waals surface area contributed by atoms with E-state index >= 15 is 0 Å². The number of halogens is 3. The lowest BCUT2D eigenvalue weighted by atomic mass is 10.4. The Morgan fingerprint density at radius 3 is 2.29 bits per heavy atom. The van der Waals surface area contributed by atoms with Crippen molar-refractivity contribution >= 4 is 49.2 Å². The van der Waals surface area contributed by atoms with Crippen LogP contribution in [0.4, 0.5) is 0 Å². The average Bonchev–Trinajstić information content (AvgIpc) is 2.14. The summed E-state index contributed by atoms with van der Waals surface area (Å²) in [4.78, 5) is -0.190. The summed E-state index contributed by atoms with van der Waals surface area (Å²) in [6, 6.07) is 2.26. The molecule has 1 aromatic rings. The summed E-state index contributed by atoms with van der Waals surface area (Å²) in [5, 5.41) is 8.86. The number of nitrogens with one attached hydrogen (secondary N) is 1. The molecule has 0 fully saturated rings. The van der Waals surface area contributed by atoms with E-state index in [9.17, 15) is 8.42 Å². The summed E-state index contributed by atoms with van der Waals surface area (Å²) in [5.74, 6) is 0. The second-order valence-corrected chi connectivity index (χ2v) is 6.78. The van der Waals surface area contributed by atoms with Crippen molar-refractivity contribution in [3.05, 3.63) is 26.7 Å². The van der Waals surface area contributed by atoms with Crippen molar-refractivity contribution in [2.24, 2.45) is 0 Å². The van der Waals surface area contributed by atoms with E-state index in [2.05, 4.69) is 20.7 Å². The van der Waals surface area contributed by atoms with Crippen LogP contribution in [0, 0.1) is 0 Å². The van der Waals surface area contributed by atoms with E-state index in [1.807, 2.05) is 0 Å². The lowest BCUT2D eigenvalue weighted by Crippen LogP contribution is -2.35. The summed E-state index contributed by atoms with van der Waals surface area (Å²) in [7, 11) is -3.84. The quantitative estimate of drug-likeness (QED) is 0.864. The zero-order valence-corrected chi connectivity index (χ0v) is 12.7. The zero-order valence-electron chi connectivity index (χ0n) is 8.75. The van der Waals surface area contributed by atoms with Gasteiger partial charge in [-0.3, -0.25) is 0 Å². The molecular formula is C9H10BrCl2NO3S. The number of hydrogen-bond acceptors (Lipinski definition) is 3. The van der Waals surface area contributed by atoms with E-state index in [-0.39, 0.29) is 21.5 Å². The highest BCUT2D eigenvalue weighted by molar-refractivity contribution is 9.10. The van der Waals surface area contributed by atoms with Crippen LogP contribution in [0.1, 0.15) is 6.92 Å². The minimum atomic E-state index is -3.84. The van der Waals surface area contributed by atoms with E-state index in [0.717, 1.165) is 0 Å². The van der Waals surface area contributed by atoms with Crippen LogP contribution in [0.5, 0.6) is 0 Å². The average molecular weight is 363 g/mol. The zero-order chi connectivity index (χ0) is 13.2. The highest BCUT2D eigenvalue weighted by Crippen LogP contribution is 2.32. The number of hydrogen-bond donors (Lipinski definition) is 2. The van der Waals surface area contributed by atoms with Crippen molar-refractivity contribution in [2.45, 2.75) is 17.9 Å². The molecule has 0 bridgehead atoms. The lowest BCUT2D eigenvalue weighted by molar-refractivity contribution is 0.265. The van der Waals surface area contributed by atoms with Gasteiger partial charge in [-0.25, -0.2) is 13.1 Å². The molecular weight excluding hydrogens is 353 g/mol. The molecule has 0 radical (unpaired) electrons. The first-order valence-electron chi connectivity index (χ1n) is 4.55. The molecule has 0 saturated carbocycles. The maximum Gasteiger partial charge on any atom is 0.243 e. The van der Waals surface area contributed by atoms with Crippen LogP contribution >= 0.6 is 39.1 Å². The summed E-state index contributed by atoms with van der Waals surface area (Å²) >= 11 is 14.9. The SMILES string of the molecule is CC(CO)NS(=O)(=O)c1c(Cl)cc(Br)cc1Cl. The Morgan fingerprint density at radius 1 is 1.41 bits per heavy atom. The maximum atomic E-state index is 11.9. The summed E-state index contributed by atoms with van der Waals surface area (Å²) in [6.07, 6.45) is 0. The van der Waals surface area contributed by atoms with Crippen LogP contribution in [-0.4, -0.2) is 26.2 Å². The molecule has 0 aliphatic rings. The second-order valence-electron chi connectivity index (χ2n) is 3.40. The molecule has 1 unspecified atom stereocenters. The van der Waals surface area contributed by atoms with Crippen molar-refractivity contribution in [3.63, 3.8) is 0 Å². The van der Waals surface area contributed by atoms with Crippen LogP contribution in [0.25, 0.3) is 0 Å². The summed E-state index contributed by atoms with van der Waals surface area (Å²) < 4.78 is 26.7. The van der Waals surface area contributed by atoms with Gasteiger partial charge in [-0.1, -0.05) is 39.1 Å². The Bertz CT molecular complexity index is 498. The smallest absolute Gasteiger partial charge is 0.243 e. The third-order valence-corrected chi connectivity index (χ3v) is 4.83. The number of aliphatic hydroxyl groups excluding tert-OH is 1. The van der Waals surface area contributed by atoms with Crippen LogP contribution in [0.2, 0.25) is 10.0 Å². The molecule has 1 rings (SSSR count). The highest BCUT2D eigenvalue weighted by atomic mass is 79.9. The molecule has 0 aliphatic carbocycles. The molecule has 8 heteroatoms. The minimum absolute atomic E-state index is 0.0158. The van der Waals surface area contributed by atoms with Gasteiger partial charge in [0.2, 0.25) is 10.0 Å². The van der Waals surface area contributed by atoms with Crippen molar-refractivity contribution in [1.29, 1.82) is 0 Å². The van der Waals surface area contributed by atoms with Gasteiger partial charge in [0.25, 0.3) is 0 Å². The molecule has 0 spiro atoms. The van der Waals surface area contributed by atoms with Crippen LogP contribution in [-0.2, 0) is 10.0 Å². The fraction of sp³-hybridized carbons (Fsp3) is 0.333. The monoisotopic (exact) mass is 361 g/mol. The molecule has 96 valence electrons. The molecule has 0 aromatic heterocycles. The van der Waals surface area contributed by atoms with Gasteiger partial charge in [0.05, 0.1) is 16.7 Å². The fourth-order valence-corrected chi connectivity index (χ4v) is 4.32. The maximum absolute atomic E-state index is 11.9. The molecule has 17 heavy (non-hydrogen) atoms. The Labute approximate surface area is 118 Å². The molecule has 2 N–H and O–H groups in total. The normalized spacial score (nSPS) is 13.7. The topological polar surface area (TPSA) is 66.4 Å². The van der Waals surface area contributed by atoms with Crippen LogP contribution < -0.4 is 4.72 Å². The lowest BCUT2D eigenvalue weighted by Gasteiger charge is -2.13. The van der Waals surface area contributed by atoms with Gasteiger partial charge in [0, 0.05) is 10.5 Å². The van der Waals surface area contributed by atoms with E-state index in [1.165, 1.54) is 19.1 Å². The Balaban J connectivity index is 3.25. The standard InChI is InChI=1S/C9H10BrCl2NO3S/c1-5(4-14)13-17(15,16)9-7(11)2-6(10)3-8(9)12/h2-3,5,13-14H,4H2,1H3. The molecule has 1 aromatic carbocycles. The van der Waals surface area contributed by atoms with E-state index in [1.54, 1.807) is 0 Å². The number of sulfonamides is 1. The minimum Gasteiger partial charge on any atom is -0.395 e. The van der Waals surface area contributed by atoms with Gasteiger partial charge in [0.15, 0.2) is 0 Å². The fourth-order valence-electron chi connectivity index (χ4n) is 1.15. The molecule has 0 amide bonds. The van der Waals surface area contributed by atoms with Gasteiger partial charge in [-0.05, 0) is 19.1 Å². The van der Waals surface area contributed by atoms with Crippen molar-refractivity contribution in [2.75, 3.05) is 6.61 Å². The summed E-state index contributed by atoms with van der Waals surface area (Å²) in [6.45, 7) is 1.21. The van der Waals surface area contributed by atoms with Gasteiger partial charge in [0.1, 0.15) is 4.90 Å². The Hall–Kier alpha value is 0.150. The first-order valence-corrected chi connectivity index (χ1v) is 7.59. The van der Waals surface area contributed by atoms with E-state index < -0.39 is 16.1 Å². The van der Waals surface area contributed by atoms with Gasteiger partial charge in [-0.2, -0.15) is 0 Å².